The van der Waals surface area contributed by atoms with Crippen molar-refractivity contribution in [1.82, 2.24) is 4.57 Å². The van der Waals surface area contributed by atoms with Gasteiger partial charge in [0.2, 0.25) is 0 Å². The number of hydrogen-bond donors (Lipinski definition) is 1. The predicted octanol–water partition coefficient (Wildman–Crippen LogP) is 1.59. The number of hydrogen-bond acceptors (Lipinski definition) is 4. The van der Waals surface area contributed by atoms with Crippen LogP contribution in [-0.2, 0) is 27.3 Å². The number of nitrogens with zero attached hydrogens (tertiary/aromatic N) is 1. The van der Waals surface area contributed by atoms with Crippen molar-refractivity contribution < 1.29 is 14.3 Å². The van der Waals surface area contributed by atoms with E-state index in [-0.39, 0.29) is 12.1 Å². The molecule has 1 aromatic carbocycles. The van der Waals surface area contributed by atoms with Gasteiger partial charge < -0.3 is 14.6 Å². The summed E-state index contributed by atoms with van der Waals surface area (Å²) in [5.41, 5.74) is 1.51. The van der Waals surface area contributed by atoms with Crippen molar-refractivity contribution in [3.05, 3.63) is 64.6 Å². The summed E-state index contributed by atoms with van der Waals surface area (Å²) in [6, 6.07) is 12.0. The van der Waals surface area contributed by atoms with E-state index in [9.17, 15) is 14.4 Å². The fourth-order valence-electron chi connectivity index (χ4n) is 1.94. The highest BCUT2D eigenvalue weighted by Gasteiger charge is 2.09. The van der Waals surface area contributed by atoms with Gasteiger partial charge in [-0.2, -0.15) is 0 Å². The Morgan fingerprint density at radius 2 is 1.87 bits per heavy atom. The van der Waals surface area contributed by atoms with Gasteiger partial charge >= 0.3 is 5.97 Å². The molecule has 2 rings (SSSR count). The Bertz CT molecular complexity index is 735. The molecule has 0 atom stereocenters. The SMILES string of the molecule is CCc1ccc(NC(=O)COC(=O)Cn2ccccc2=O)cc1. The molecule has 1 heterocycles. The van der Waals surface area contributed by atoms with Gasteiger partial charge in [0.05, 0.1) is 0 Å². The maximum atomic E-state index is 11.7. The molecule has 0 aliphatic carbocycles. The lowest BCUT2D eigenvalue weighted by atomic mass is 10.1. The summed E-state index contributed by atoms with van der Waals surface area (Å²) in [6.07, 6.45) is 2.41. The monoisotopic (exact) mass is 314 g/mol. The number of carbonyl (C=O) groups is 2. The van der Waals surface area contributed by atoms with E-state index in [4.69, 9.17) is 4.74 Å². The van der Waals surface area contributed by atoms with Gasteiger partial charge in [-0.15, -0.1) is 0 Å². The van der Waals surface area contributed by atoms with Crippen molar-refractivity contribution in [2.75, 3.05) is 11.9 Å². The Morgan fingerprint density at radius 1 is 1.13 bits per heavy atom. The number of carbonyl (C=O) groups excluding carboxylic acids is 2. The predicted molar refractivity (Wildman–Crippen MR) is 86.1 cm³/mol. The quantitative estimate of drug-likeness (QED) is 0.822. The average Bonchev–Trinajstić information content (AvgIpc) is 2.56. The highest BCUT2D eigenvalue weighted by atomic mass is 16.5. The lowest BCUT2D eigenvalue weighted by Crippen LogP contribution is -2.26. The molecule has 0 saturated carbocycles. The number of benzene rings is 1. The van der Waals surface area contributed by atoms with Crippen LogP contribution in [0.15, 0.2) is 53.5 Å². The summed E-state index contributed by atoms with van der Waals surface area (Å²) in [7, 11) is 0. The van der Waals surface area contributed by atoms with Gasteiger partial charge in [0.15, 0.2) is 6.61 Å². The molecule has 1 amide bonds. The zero-order valence-corrected chi connectivity index (χ0v) is 12.8. The topological polar surface area (TPSA) is 77.4 Å². The van der Waals surface area contributed by atoms with Crippen molar-refractivity contribution in [2.24, 2.45) is 0 Å². The number of ether oxygens (including phenoxy) is 1. The average molecular weight is 314 g/mol. The minimum Gasteiger partial charge on any atom is -0.454 e. The highest BCUT2D eigenvalue weighted by Crippen LogP contribution is 2.09. The molecule has 0 radical (unpaired) electrons. The molecule has 6 nitrogen and oxygen atoms in total. The smallest absolute Gasteiger partial charge is 0.326 e. The van der Waals surface area contributed by atoms with Crippen LogP contribution in [0.5, 0.6) is 0 Å². The van der Waals surface area contributed by atoms with Crippen LogP contribution >= 0.6 is 0 Å². The van der Waals surface area contributed by atoms with Crippen LogP contribution in [0.25, 0.3) is 0 Å². The molecule has 1 aromatic heterocycles. The standard InChI is InChI=1S/C17H18N2O4/c1-2-13-6-8-14(9-7-13)18-15(20)12-23-17(22)11-19-10-4-3-5-16(19)21/h3-10H,2,11-12H2,1H3,(H,18,20). The molecule has 0 unspecified atom stereocenters. The number of amides is 1. The van der Waals surface area contributed by atoms with E-state index in [1.54, 1.807) is 24.3 Å². The lowest BCUT2D eigenvalue weighted by molar-refractivity contribution is -0.147. The van der Waals surface area contributed by atoms with Crippen molar-refractivity contribution >= 4 is 17.6 Å². The van der Waals surface area contributed by atoms with Crippen LogP contribution in [0, 0.1) is 0 Å². The van der Waals surface area contributed by atoms with E-state index < -0.39 is 18.5 Å². The van der Waals surface area contributed by atoms with E-state index in [0.29, 0.717) is 5.69 Å². The largest absolute Gasteiger partial charge is 0.454 e. The summed E-state index contributed by atoms with van der Waals surface area (Å²) in [4.78, 5) is 34.8. The Hall–Kier alpha value is -2.89. The van der Waals surface area contributed by atoms with Gasteiger partial charge in [-0.05, 0) is 30.2 Å². The lowest BCUT2D eigenvalue weighted by Gasteiger charge is -2.08. The molecule has 23 heavy (non-hydrogen) atoms. The van der Waals surface area contributed by atoms with Gasteiger partial charge in [0, 0.05) is 18.0 Å². The third-order valence-corrected chi connectivity index (χ3v) is 3.21. The Morgan fingerprint density at radius 3 is 2.52 bits per heavy atom. The highest BCUT2D eigenvalue weighted by molar-refractivity contribution is 5.92. The van der Waals surface area contributed by atoms with Gasteiger partial charge in [0.25, 0.3) is 11.5 Å². The summed E-state index contributed by atoms with van der Waals surface area (Å²) >= 11 is 0. The molecular formula is C17H18N2O4. The van der Waals surface area contributed by atoms with E-state index in [1.165, 1.54) is 22.4 Å². The van der Waals surface area contributed by atoms with Crippen LogP contribution in [0.1, 0.15) is 12.5 Å². The van der Waals surface area contributed by atoms with Crippen LogP contribution in [0.3, 0.4) is 0 Å². The molecule has 0 spiro atoms. The minimum atomic E-state index is -0.644. The molecule has 0 bridgehead atoms. The molecular weight excluding hydrogens is 296 g/mol. The van der Waals surface area contributed by atoms with Crippen molar-refractivity contribution in [3.63, 3.8) is 0 Å². The first-order valence-electron chi connectivity index (χ1n) is 7.28. The minimum absolute atomic E-state index is 0.224. The van der Waals surface area contributed by atoms with E-state index in [0.717, 1.165) is 6.42 Å². The zero-order valence-electron chi connectivity index (χ0n) is 12.8. The molecule has 0 aliphatic heterocycles. The summed E-state index contributed by atoms with van der Waals surface area (Å²) < 4.78 is 6.08. The molecule has 0 fully saturated rings. The third-order valence-electron chi connectivity index (χ3n) is 3.21. The van der Waals surface area contributed by atoms with E-state index >= 15 is 0 Å². The fraction of sp³-hybridized carbons (Fsp3) is 0.235. The molecule has 2 aromatic rings. The molecule has 120 valence electrons. The third kappa shape index (κ3) is 5.10. The number of aromatic nitrogens is 1. The Labute approximate surface area is 133 Å². The molecule has 0 saturated heterocycles. The number of aryl methyl sites for hydroxylation is 1. The van der Waals surface area contributed by atoms with E-state index in [1.807, 2.05) is 19.1 Å². The Balaban J connectivity index is 1.80. The second-order valence-corrected chi connectivity index (χ2v) is 4.93. The van der Waals surface area contributed by atoms with Crippen molar-refractivity contribution in [2.45, 2.75) is 19.9 Å². The maximum absolute atomic E-state index is 11.7. The van der Waals surface area contributed by atoms with Crippen molar-refractivity contribution in [1.29, 1.82) is 0 Å². The van der Waals surface area contributed by atoms with Crippen LogP contribution in [0.2, 0.25) is 0 Å². The second kappa shape index (κ2) is 7.93. The fourth-order valence-corrected chi connectivity index (χ4v) is 1.94. The summed E-state index contributed by atoms with van der Waals surface area (Å²) in [6.45, 7) is 1.43. The first kappa shape index (κ1) is 16.5. The maximum Gasteiger partial charge on any atom is 0.326 e. The van der Waals surface area contributed by atoms with Gasteiger partial charge in [0.1, 0.15) is 6.54 Å². The summed E-state index contributed by atoms with van der Waals surface area (Å²) in [5, 5.41) is 2.64. The first-order chi connectivity index (χ1) is 11.1. The van der Waals surface area contributed by atoms with E-state index in [2.05, 4.69) is 5.32 Å². The van der Waals surface area contributed by atoms with Gasteiger partial charge in [-0.1, -0.05) is 25.1 Å². The van der Waals surface area contributed by atoms with Crippen molar-refractivity contribution in [3.8, 4) is 0 Å². The zero-order chi connectivity index (χ0) is 16.7. The van der Waals surface area contributed by atoms with Crippen LogP contribution < -0.4 is 10.9 Å². The summed E-state index contributed by atoms with van der Waals surface area (Å²) in [5.74, 6) is -1.07. The molecule has 1 N–H and O–H groups in total. The number of nitrogens with one attached hydrogen (secondary N) is 1. The van der Waals surface area contributed by atoms with Gasteiger partial charge in [-0.3, -0.25) is 14.4 Å². The molecule has 0 aliphatic rings. The Kier molecular flexibility index (Phi) is 5.68. The van der Waals surface area contributed by atoms with Gasteiger partial charge in [-0.25, -0.2) is 0 Å². The normalized spacial score (nSPS) is 10.1. The number of esters is 1. The van der Waals surface area contributed by atoms with Crippen LogP contribution in [0.4, 0.5) is 5.69 Å². The second-order valence-electron chi connectivity index (χ2n) is 4.93. The molecule has 6 heteroatoms. The van der Waals surface area contributed by atoms with Crippen LogP contribution in [-0.4, -0.2) is 23.1 Å². The first-order valence-corrected chi connectivity index (χ1v) is 7.28. The number of rotatable bonds is 6. The number of anilines is 1. The number of pyridine rings is 1.